The predicted octanol–water partition coefficient (Wildman–Crippen LogP) is 1.07. The van der Waals surface area contributed by atoms with Gasteiger partial charge in [0, 0.05) is 13.1 Å². The Balaban J connectivity index is 0.00000200. The first-order valence-electron chi connectivity index (χ1n) is 6.63. The number of hydrogen-bond acceptors (Lipinski definition) is 4. The molecule has 0 radical (unpaired) electrons. The maximum atomic E-state index is 12.7. The molecule has 6 nitrogen and oxygen atoms in total. The summed E-state index contributed by atoms with van der Waals surface area (Å²) in [6.07, 6.45) is 2.00. The van der Waals surface area contributed by atoms with Crippen molar-refractivity contribution in [3.63, 3.8) is 0 Å². The normalized spacial score (nSPS) is 20.6. The average Bonchev–Trinajstić information content (AvgIpc) is 2.70. The zero-order valence-corrected chi connectivity index (χ0v) is 13.8. The number of aryl methyl sites for hydroxylation is 2. The Morgan fingerprint density at radius 2 is 2.15 bits per heavy atom. The Bertz CT molecular complexity index is 522. The quantitative estimate of drug-likeness (QED) is 0.869. The van der Waals surface area contributed by atoms with Crippen LogP contribution in [0.2, 0.25) is 0 Å². The monoisotopic (exact) mass is 322 g/mol. The lowest BCUT2D eigenvalue weighted by Crippen LogP contribution is -2.42. The van der Waals surface area contributed by atoms with E-state index in [9.17, 15) is 8.42 Å². The highest BCUT2D eigenvalue weighted by molar-refractivity contribution is 7.89. The minimum absolute atomic E-state index is 0. The smallest absolute Gasteiger partial charge is 0.246 e. The van der Waals surface area contributed by atoms with E-state index in [1.165, 1.54) is 0 Å². The van der Waals surface area contributed by atoms with Gasteiger partial charge < -0.3 is 5.32 Å². The van der Waals surface area contributed by atoms with Crippen LogP contribution in [0, 0.1) is 19.8 Å². The van der Waals surface area contributed by atoms with E-state index in [0.717, 1.165) is 19.4 Å². The fourth-order valence-corrected chi connectivity index (χ4v) is 4.64. The molecule has 1 fully saturated rings. The Kier molecular flexibility index (Phi) is 6.00. The van der Waals surface area contributed by atoms with Crippen molar-refractivity contribution in [2.75, 3.05) is 26.7 Å². The van der Waals surface area contributed by atoms with Crippen LogP contribution < -0.4 is 5.32 Å². The van der Waals surface area contributed by atoms with Crippen molar-refractivity contribution in [2.24, 2.45) is 5.92 Å². The maximum Gasteiger partial charge on any atom is 0.246 e. The maximum absolute atomic E-state index is 12.7. The van der Waals surface area contributed by atoms with Crippen LogP contribution in [0.25, 0.3) is 0 Å². The van der Waals surface area contributed by atoms with Gasteiger partial charge in [-0.25, -0.2) is 8.42 Å². The largest absolute Gasteiger partial charge is 0.319 e. The Morgan fingerprint density at radius 3 is 2.70 bits per heavy atom. The van der Waals surface area contributed by atoms with Crippen LogP contribution >= 0.6 is 12.4 Å². The van der Waals surface area contributed by atoms with Crippen LogP contribution in [-0.4, -0.2) is 49.6 Å². The molecule has 0 aliphatic carbocycles. The molecular formula is C12H23ClN4O2S. The second kappa shape index (κ2) is 6.89. The number of aromatic nitrogens is 2. The summed E-state index contributed by atoms with van der Waals surface area (Å²) in [5.74, 6) is 0.390. The SMILES string of the molecule is CNCC1CCCN(S(=O)(=O)c2c(C)n[nH]c2C)C1.Cl. The van der Waals surface area contributed by atoms with Gasteiger partial charge >= 0.3 is 0 Å². The molecule has 2 rings (SSSR count). The van der Waals surface area contributed by atoms with Gasteiger partial charge in [0.05, 0.1) is 11.4 Å². The number of nitrogens with zero attached hydrogens (tertiary/aromatic N) is 2. The van der Waals surface area contributed by atoms with Gasteiger partial charge in [0.25, 0.3) is 0 Å². The molecule has 1 aliphatic heterocycles. The summed E-state index contributed by atoms with van der Waals surface area (Å²) in [6, 6.07) is 0. The van der Waals surface area contributed by atoms with E-state index in [0.29, 0.717) is 35.3 Å². The molecule has 2 heterocycles. The first kappa shape index (κ1) is 17.4. The van der Waals surface area contributed by atoms with Crippen LogP contribution in [-0.2, 0) is 10.0 Å². The van der Waals surface area contributed by atoms with E-state index in [-0.39, 0.29) is 12.4 Å². The van der Waals surface area contributed by atoms with E-state index < -0.39 is 10.0 Å². The van der Waals surface area contributed by atoms with Gasteiger partial charge in [-0.3, -0.25) is 5.10 Å². The number of H-pyrrole nitrogens is 1. The topological polar surface area (TPSA) is 78.1 Å². The molecule has 1 aromatic heterocycles. The van der Waals surface area contributed by atoms with Crippen molar-refractivity contribution < 1.29 is 8.42 Å². The van der Waals surface area contributed by atoms with Crippen LogP contribution in [0.5, 0.6) is 0 Å². The van der Waals surface area contributed by atoms with Gasteiger partial charge in [-0.05, 0) is 46.2 Å². The summed E-state index contributed by atoms with van der Waals surface area (Å²) in [6.45, 7) is 5.53. The first-order valence-corrected chi connectivity index (χ1v) is 8.07. The summed E-state index contributed by atoms with van der Waals surface area (Å²) in [4.78, 5) is 0.345. The molecule has 20 heavy (non-hydrogen) atoms. The van der Waals surface area contributed by atoms with Crippen molar-refractivity contribution in [3.8, 4) is 0 Å². The molecule has 8 heteroatoms. The summed E-state index contributed by atoms with van der Waals surface area (Å²) in [7, 11) is -1.52. The molecular weight excluding hydrogens is 300 g/mol. The standard InChI is InChI=1S/C12H22N4O2S.ClH/c1-9-12(10(2)15-14-9)19(17,18)16-6-4-5-11(8-16)7-13-3;/h11,13H,4-8H2,1-3H3,(H,14,15);1H. The van der Waals surface area contributed by atoms with Crippen LogP contribution in [0.15, 0.2) is 4.90 Å². The second-order valence-corrected chi connectivity index (χ2v) is 7.07. The minimum Gasteiger partial charge on any atom is -0.319 e. The Morgan fingerprint density at radius 1 is 1.45 bits per heavy atom. The first-order chi connectivity index (χ1) is 8.96. The highest BCUT2D eigenvalue weighted by Gasteiger charge is 2.33. The predicted molar refractivity (Wildman–Crippen MR) is 80.7 cm³/mol. The van der Waals surface area contributed by atoms with Gasteiger partial charge in [0.15, 0.2) is 0 Å². The zero-order valence-electron chi connectivity index (χ0n) is 12.1. The molecule has 1 unspecified atom stereocenters. The van der Waals surface area contributed by atoms with E-state index in [2.05, 4.69) is 15.5 Å². The Labute approximate surface area is 126 Å². The number of piperidine rings is 1. The van der Waals surface area contributed by atoms with Gasteiger partial charge in [-0.1, -0.05) is 0 Å². The van der Waals surface area contributed by atoms with Gasteiger partial charge in [0.2, 0.25) is 10.0 Å². The molecule has 0 saturated carbocycles. The van der Waals surface area contributed by atoms with Gasteiger partial charge in [0.1, 0.15) is 4.90 Å². The summed E-state index contributed by atoms with van der Waals surface area (Å²) >= 11 is 0. The lowest BCUT2D eigenvalue weighted by atomic mass is 10.00. The fourth-order valence-electron chi connectivity index (χ4n) is 2.75. The number of aromatic amines is 1. The zero-order chi connectivity index (χ0) is 14.0. The van der Waals surface area contributed by atoms with Gasteiger partial charge in [-0.2, -0.15) is 9.40 Å². The number of nitrogens with one attached hydrogen (secondary N) is 2. The Hall–Kier alpha value is -0.630. The van der Waals surface area contributed by atoms with Crippen LogP contribution in [0.3, 0.4) is 0 Å². The van der Waals surface area contributed by atoms with E-state index in [1.807, 2.05) is 7.05 Å². The van der Waals surface area contributed by atoms with Crippen LogP contribution in [0.1, 0.15) is 24.2 Å². The van der Waals surface area contributed by atoms with Gasteiger partial charge in [-0.15, -0.1) is 12.4 Å². The number of hydrogen-bond donors (Lipinski definition) is 2. The molecule has 2 N–H and O–H groups in total. The molecule has 116 valence electrons. The van der Waals surface area contributed by atoms with Crippen molar-refractivity contribution in [1.82, 2.24) is 19.8 Å². The molecule has 1 atom stereocenters. The third kappa shape index (κ3) is 3.33. The second-order valence-electron chi connectivity index (χ2n) is 5.19. The number of sulfonamides is 1. The van der Waals surface area contributed by atoms with Crippen molar-refractivity contribution >= 4 is 22.4 Å². The summed E-state index contributed by atoms with van der Waals surface area (Å²) in [5.41, 5.74) is 1.17. The van der Waals surface area contributed by atoms with Crippen molar-refractivity contribution in [2.45, 2.75) is 31.6 Å². The summed E-state index contributed by atoms with van der Waals surface area (Å²) in [5, 5.41) is 9.87. The molecule has 1 aromatic rings. The molecule has 0 bridgehead atoms. The number of rotatable bonds is 4. The molecule has 1 aliphatic rings. The van der Waals surface area contributed by atoms with E-state index >= 15 is 0 Å². The van der Waals surface area contributed by atoms with Crippen LogP contribution in [0.4, 0.5) is 0 Å². The highest BCUT2D eigenvalue weighted by Crippen LogP contribution is 2.26. The van der Waals surface area contributed by atoms with Crippen molar-refractivity contribution in [3.05, 3.63) is 11.4 Å². The summed E-state index contributed by atoms with van der Waals surface area (Å²) < 4.78 is 27.0. The van der Waals surface area contributed by atoms with Crippen molar-refractivity contribution in [1.29, 1.82) is 0 Å². The lowest BCUT2D eigenvalue weighted by molar-refractivity contribution is 0.263. The molecule has 0 aromatic carbocycles. The molecule has 1 saturated heterocycles. The third-order valence-corrected chi connectivity index (χ3v) is 5.76. The fraction of sp³-hybridized carbons (Fsp3) is 0.750. The number of halogens is 1. The molecule has 0 spiro atoms. The third-order valence-electron chi connectivity index (χ3n) is 3.63. The average molecular weight is 323 g/mol. The van der Waals surface area contributed by atoms with E-state index in [1.54, 1.807) is 18.2 Å². The van der Waals surface area contributed by atoms with E-state index in [4.69, 9.17) is 0 Å². The minimum atomic E-state index is -3.42. The molecule has 0 amide bonds. The highest BCUT2D eigenvalue weighted by atomic mass is 35.5. The lowest BCUT2D eigenvalue weighted by Gasteiger charge is -2.31.